The quantitative estimate of drug-likeness (QED) is 0.245. The molecule has 0 spiro atoms. The molecule has 13 heteroatoms. The maximum absolute atomic E-state index is 13.3. The summed E-state index contributed by atoms with van der Waals surface area (Å²) in [7, 11) is 1.37. The van der Waals surface area contributed by atoms with E-state index in [1.165, 1.54) is 32.3 Å². The lowest BCUT2D eigenvalue weighted by Gasteiger charge is -2.43. The van der Waals surface area contributed by atoms with Gasteiger partial charge in [-0.15, -0.1) is 0 Å². The maximum atomic E-state index is 13.3. The minimum atomic E-state index is -1.40. The summed E-state index contributed by atoms with van der Waals surface area (Å²) < 4.78 is 23.4. The van der Waals surface area contributed by atoms with Crippen molar-refractivity contribution in [3.63, 3.8) is 0 Å². The Labute approximate surface area is 327 Å². The number of cyclic esters (lactones) is 1. The fraction of sp³-hybridized carbons (Fsp3) is 0.762. The van der Waals surface area contributed by atoms with Gasteiger partial charge in [-0.1, -0.05) is 73.6 Å². The summed E-state index contributed by atoms with van der Waals surface area (Å²) >= 11 is 0. The number of aliphatic hydroxyl groups excluding tert-OH is 5. The monoisotopic (exact) mass is 780 g/mol. The zero-order valence-corrected chi connectivity index (χ0v) is 34.5. The number of Topliss-reactive ketones (excluding diaryl/α,β-unsaturated/α-hetero) is 1. The van der Waals surface area contributed by atoms with Gasteiger partial charge in [0.1, 0.15) is 24.4 Å². The van der Waals surface area contributed by atoms with E-state index in [0.29, 0.717) is 12.8 Å². The van der Waals surface area contributed by atoms with E-state index in [-0.39, 0.29) is 29.5 Å². The first kappa shape index (κ1) is 48.5. The summed E-state index contributed by atoms with van der Waals surface area (Å²) in [6, 6.07) is 0. The van der Waals surface area contributed by atoms with Crippen LogP contribution in [0.4, 0.5) is 0 Å². The van der Waals surface area contributed by atoms with Crippen LogP contribution in [0.2, 0.25) is 0 Å². The Balaban J connectivity index is 2.53. The number of hydrogen-bond acceptors (Lipinski definition) is 13. The van der Waals surface area contributed by atoms with Gasteiger partial charge in [0.15, 0.2) is 23.6 Å². The van der Waals surface area contributed by atoms with Crippen molar-refractivity contribution in [2.24, 2.45) is 41.4 Å². The highest BCUT2D eigenvalue weighted by Crippen LogP contribution is 2.32. The molecule has 0 aliphatic carbocycles. The van der Waals surface area contributed by atoms with Crippen LogP contribution in [0.25, 0.3) is 0 Å². The van der Waals surface area contributed by atoms with Crippen LogP contribution >= 0.6 is 0 Å². The summed E-state index contributed by atoms with van der Waals surface area (Å²) in [6.45, 7) is 17.0. The van der Waals surface area contributed by atoms with Gasteiger partial charge in [0.05, 0.1) is 36.9 Å². The van der Waals surface area contributed by atoms with Crippen molar-refractivity contribution in [1.29, 1.82) is 0 Å². The lowest BCUT2D eigenvalue weighted by molar-refractivity contribution is -0.313. The highest BCUT2D eigenvalue weighted by Gasteiger charge is 2.45. The molecule has 0 aromatic rings. The first-order valence-electron chi connectivity index (χ1n) is 19.7. The molecular weight excluding hydrogens is 712 g/mol. The van der Waals surface area contributed by atoms with Crippen LogP contribution < -0.4 is 0 Å². The van der Waals surface area contributed by atoms with Gasteiger partial charge in [-0.05, 0) is 56.8 Å². The van der Waals surface area contributed by atoms with Gasteiger partial charge in [-0.3, -0.25) is 19.2 Å². The molecule has 5 N–H and O–H groups in total. The molecule has 12 unspecified atom stereocenters. The van der Waals surface area contributed by atoms with Gasteiger partial charge in [0.2, 0.25) is 0 Å². The SMILES string of the molecule is CCC(O)C(C)C1OC(=O)CC(O)C(C)C(=O)C(C)=CC(C)C(=O)C=CC(C)C(O[C@H]2O[C@@H](C)[C@@H](O)[C@@H](OC)[C@H]2O)C(C)CC(C)C(=O)C=CCC(O)C1C. The summed E-state index contributed by atoms with van der Waals surface area (Å²) in [4.78, 5) is 53.1. The Morgan fingerprint density at radius 3 is 2.13 bits per heavy atom. The second-order valence-corrected chi connectivity index (χ2v) is 16.0. The van der Waals surface area contributed by atoms with Crippen molar-refractivity contribution >= 4 is 23.3 Å². The Bertz CT molecular complexity index is 1360. The number of carbonyl (C=O) groups is 4. The van der Waals surface area contributed by atoms with E-state index in [0.717, 1.165) is 0 Å². The number of allylic oxidation sites excluding steroid dienone is 4. The fourth-order valence-electron chi connectivity index (χ4n) is 7.46. The van der Waals surface area contributed by atoms with Crippen molar-refractivity contribution in [3.05, 3.63) is 36.0 Å². The number of hydrogen-bond donors (Lipinski definition) is 5. The molecule has 13 nitrogen and oxygen atoms in total. The van der Waals surface area contributed by atoms with Crippen LogP contribution in [0.15, 0.2) is 36.0 Å². The van der Waals surface area contributed by atoms with Gasteiger partial charge in [-0.2, -0.15) is 0 Å². The number of esters is 1. The topological polar surface area (TPSA) is 206 Å². The lowest BCUT2D eigenvalue weighted by Crippen LogP contribution is -2.59. The zero-order valence-electron chi connectivity index (χ0n) is 34.5. The predicted molar refractivity (Wildman–Crippen MR) is 205 cm³/mol. The molecule has 1 fully saturated rings. The van der Waals surface area contributed by atoms with Gasteiger partial charge in [0, 0.05) is 42.6 Å². The molecule has 0 radical (unpaired) electrons. The minimum Gasteiger partial charge on any atom is -0.462 e. The van der Waals surface area contributed by atoms with E-state index in [4.69, 9.17) is 18.9 Å². The highest BCUT2D eigenvalue weighted by atomic mass is 16.7. The molecule has 0 bridgehead atoms. The Kier molecular flexibility index (Phi) is 19.7. The third kappa shape index (κ3) is 13.5. The number of ketones is 3. The summed E-state index contributed by atoms with van der Waals surface area (Å²) in [6.07, 6.45) is -2.41. The maximum Gasteiger partial charge on any atom is 0.308 e. The van der Waals surface area contributed by atoms with E-state index >= 15 is 0 Å². The third-order valence-corrected chi connectivity index (χ3v) is 11.5. The van der Waals surface area contributed by atoms with E-state index < -0.39 is 115 Å². The fourth-order valence-corrected chi connectivity index (χ4v) is 7.46. The molecule has 2 aliphatic rings. The Morgan fingerprint density at radius 1 is 0.891 bits per heavy atom. The molecule has 314 valence electrons. The van der Waals surface area contributed by atoms with Crippen molar-refractivity contribution in [2.45, 2.75) is 156 Å². The van der Waals surface area contributed by atoms with E-state index in [2.05, 4.69) is 0 Å². The lowest BCUT2D eigenvalue weighted by atomic mass is 9.83. The number of carbonyl (C=O) groups excluding carboxylic acids is 4. The van der Waals surface area contributed by atoms with Crippen LogP contribution in [-0.2, 0) is 38.1 Å². The smallest absolute Gasteiger partial charge is 0.308 e. The van der Waals surface area contributed by atoms with Gasteiger partial charge < -0.3 is 44.5 Å². The molecule has 0 amide bonds. The molecule has 0 saturated carbocycles. The highest BCUT2D eigenvalue weighted by molar-refractivity contribution is 5.99. The first-order valence-corrected chi connectivity index (χ1v) is 19.7. The second-order valence-electron chi connectivity index (χ2n) is 16.0. The van der Waals surface area contributed by atoms with Crippen molar-refractivity contribution in [2.75, 3.05) is 7.11 Å². The van der Waals surface area contributed by atoms with Gasteiger partial charge in [-0.25, -0.2) is 0 Å². The van der Waals surface area contributed by atoms with Crippen molar-refractivity contribution in [1.82, 2.24) is 0 Å². The number of aliphatic hydroxyl groups is 5. The standard InChI is InChI=1S/C42H68O13/c1-12-30(43)27(8)40-28(9)33(46)15-13-14-31(44)23(4)19-25(6)39(55-42-38(51)41(52-11)37(50)29(10)53-42)21(2)16-17-32(45)22(3)18-24(5)36(49)26(7)34(47)20-35(48)54-40/h13-14,16-18,21-23,25-30,33-34,37-43,46-47,50-51H,12,15,19-20H2,1-11H3/t21?,22?,23?,25?,26?,27?,28?,29-,30?,33?,34?,37+,38+,39?,40?,41+,42+/m0/s1. The largest absolute Gasteiger partial charge is 0.462 e. The predicted octanol–water partition coefficient (Wildman–Crippen LogP) is 3.66. The van der Waals surface area contributed by atoms with E-state index in [9.17, 15) is 44.7 Å². The van der Waals surface area contributed by atoms with Crippen molar-refractivity contribution in [3.8, 4) is 0 Å². The molecule has 55 heavy (non-hydrogen) atoms. The van der Waals surface area contributed by atoms with E-state index in [1.807, 2.05) is 13.8 Å². The van der Waals surface area contributed by atoms with Crippen LogP contribution in [0, 0.1) is 41.4 Å². The first-order chi connectivity index (χ1) is 25.7. The normalized spacial score (nSPS) is 39.9. The molecule has 1 saturated heterocycles. The second kappa shape index (κ2) is 22.4. The average molecular weight is 781 g/mol. The third-order valence-electron chi connectivity index (χ3n) is 11.5. The summed E-state index contributed by atoms with van der Waals surface area (Å²) in [5.74, 6) is -5.96. The minimum absolute atomic E-state index is 0.0551. The molecule has 2 rings (SSSR count). The molecule has 2 heterocycles. The summed E-state index contributed by atoms with van der Waals surface area (Å²) in [5.41, 5.74) is 0.236. The molecule has 17 atom stereocenters. The van der Waals surface area contributed by atoms with Gasteiger partial charge in [0.25, 0.3) is 0 Å². The summed E-state index contributed by atoms with van der Waals surface area (Å²) in [5, 5.41) is 54.3. The number of rotatable bonds is 6. The van der Waals surface area contributed by atoms with E-state index in [1.54, 1.807) is 60.6 Å². The molecule has 2 aliphatic heterocycles. The Hall–Kier alpha value is -2.62. The molecule has 0 aromatic heterocycles. The zero-order chi connectivity index (χ0) is 41.9. The van der Waals surface area contributed by atoms with Crippen LogP contribution in [0.1, 0.15) is 94.9 Å². The van der Waals surface area contributed by atoms with Crippen LogP contribution in [0.3, 0.4) is 0 Å². The number of methoxy groups -OCH3 is 1. The molecular formula is C42H68O13. The Morgan fingerprint density at radius 2 is 1.53 bits per heavy atom. The average Bonchev–Trinajstić information content (AvgIpc) is 3.14. The van der Waals surface area contributed by atoms with Crippen LogP contribution in [-0.4, -0.2) is 117 Å². The van der Waals surface area contributed by atoms with Crippen LogP contribution in [0.5, 0.6) is 0 Å². The number of ether oxygens (including phenoxy) is 4. The van der Waals surface area contributed by atoms with Crippen molar-refractivity contribution < 1.29 is 63.7 Å². The van der Waals surface area contributed by atoms with Gasteiger partial charge >= 0.3 is 5.97 Å². The molecule has 0 aromatic carbocycles.